The minimum absolute atomic E-state index is 0.0849. The van der Waals surface area contributed by atoms with Gasteiger partial charge in [-0.3, -0.25) is 9.59 Å². The van der Waals surface area contributed by atoms with Crippen LogP contribution in [-0.2, 0) is 11.0 Å². The zero-order chi connectivity index (χ0) is 32.9. The van der Waals surface area contributed by atoms with Crippen molar-refractivity contribution in [2.24, 2.45) is 0 Å². The van der Waals surface area contributed by atoms with Crippen LogP contribution in [0, 0.1) is 0 Å². The molecular weight excluding hydrogens is 662 g/mol. The number of hydrogen-bond donors (Lipinski definition) is 1. The summed E-state index contributed by atoms with van der Waals surface area (Å²) in [6.45, 7) is 2.74. The number of rotatable bonds is 10. The van der Waals surface area contributed by atoms with Crippen molar-refractivity contribution >= 4 is 52.7 Å². The van der Waals surface area contributed by atoms with E-state index >= 15 is 0 Å². The van der Waals surface area contributed by atoms with E-state index in [2.05, 4.69) is 5.32 Å². The van der Waals surface area contributed by atoms with Gasteiger partial charge in [0.2, 0.25) is 5.91 Å². The number of halogens is 12. The van der Waals surface area contributed by atoms with Crippen molar-refractivity contribution in [1.82, 2.24) is 10.2 Å². The zero-order valence-electron chi connectivity index (χ0n) is 22.3. The number of amides is 2. The molecule has 0 aliphatic rings. The van der Waals surface area contributed by atoms with Crippen molar-refractivity contribution in [3.8, 4) is 0 Å². The van der Waals surface area contributed by atoms with E-state index in [9.17, 15) is 49.1 Å². The van der Waals surface area contributed by atoms with E-state index in [1.54, 1.807) is 6.92 Å². The molecule has 0 aromatic heterocycles. The summed E-state index contributed by atoms with van der Waals surface area (Å²) in [5, 5.41) is 1.46. The maximum absolute atomic E-state index is 13.9. The first-order valence-electron chi connectivity index (χ1n) is 12.4. The normalized spacial score (nSPS) is 14.1. The average molecular weight is 686 g/mol. The molecule has 0 saturated carbocycles. The average Bonchev–Trinajstić information content (AvgIpc) is 2.87. The molecule has 4 nitrogen and oxygen atoms in total. The molecule has 0 aliphatic carbocycles. The number of carbonyl (C=O) groups is 2. The molecule has 2 aromatic carbocycles. The summed E-state index contributed by atoms with van der Waals surface area (Å²) >= 11 is 17.5. The van der Waals surface area contributed by atoms with Crippen molar-refractivity contribution < 1.29 is 49.1 Å². The van der Waals surface area contributed by atoms with Crippen LogP contribution in [0.25, 0.3) is 6.08 Å². The first-order chi connectivity index (χ1) is 19.7. The summed E-state index contributed by atoms with van der Waals surface area (Å²) in [5.41, 5.74) is -3.18. The van der Waals surface area contributed by atoms with E-state index in [1.807, 2.05) is 0 Å². The highest BCUT2D eigenvalue weighted by Crippen LogP contribution is 2.41. The predicted molar refractivity (Wildman–Crippen MR) is 145 cm³/mol. The SMILES string of the molecule is CCCN(C(=O)CCC(F)(F)F)[C@@H](C)NC(=O)c1ccc(/C=C/C(c2cc(Cl)c(Cl)c(Cl)c2)C(F)(F)F)cc1C(F)(F)F. The zero-order valence-corrected chi connectivity index (χ0v) is 24.6. The fraction of sp³-hybridized carbons (Fsp3) is 0.407. The predicted octanol–water partition coefficient (Wildman–Crippen LogP) is 9.68. The van der Waals surface area contributed by atoms with Crippen LogP contribution in [0.3, 0.4) is 0 Å². The van der Waals surface area contributed by atoms with Gasteiger partial charge in [-0.05, 0) is 48.7 Å². The molecule has 238 valence electrons. The molecule has 0 bridgehead atoms. The number of hydrogen-bond acceptors (Lipinski definition) is 2. The lowest BCUT2D eigenvalue weighted by atomic mass is 9.96. The lowest BCUT2D eigenvalue weighted by molar-refractivity contribution is -0.150. The molecule has 2 aromatic rings. The lowest BCUT2D eigenvalue weighted by Crippen LogP contribution is -2.49. The minimum atomic E-state index is -5.13. The Bertz CT molecular complexity index is 1320. The summed E-state index contributed by atoms with van der Waals surface area (Å²) < 4.78 is 121. The van der Waals surface area contributed by atoms with Gasteiger partial charge in [0.05, 0.1) is 38.5 Å². The van der Waals surface area contributed by atoms with E-state index in [0.29, 0.717) is 12.1 Å². The summed E-state index contributed by atoms with van der Waals surface area (Å²) in [6, 6.07) is 4.01. The fourth-order valence-corrected chi connectivity index (χ4v) is 4.60. The third-order valence-electron chi connectivity index (χ3n) is 6.01. The molecule has 0 spiro atoms. The molecule has 2 atom stereocenters. The summed E-state index contributed by atoms with van der Waals surface area (Å²) in [4.78, 5) is 26.1. The molecule has 1 unspecified atom stereocenters. The highest BCUT2D eigenvalue weighted by atomic mass is 35.5. The quantitative estimate of drug-likeness (QED) is 0.154. The van der Waals surface area contributed by atoms with Gasteiger partial charge in [-0.15, -0.1) is 0 Å². The van der Waals surface area contributed by atoms with E-state index in [-0.39, 0.29) is 33.6 Å². The lowest BCUT2D eigenvalue weighted by Gasteiger charge is -2.30. The van der Waals surface area contributed by atoms with E-state index < -0.39 is 72.0 Å². The van der Waals surface area contributed by atoms with Gasteiger partial charge in [0.25, 0.3) is 5.91 Å². The van der Waals surface area contributed by atoms with E-state index in [1.165, 1.54) is 6.92 Å². The topological polar surface area (TPSA) is 49.4 Å². The fourth-order valence-electron chi connectivity index (χ4n) is 3.98. The Morgan fingerprint density at radius 3 is 2.02 bits per heavy atom. The maximum atomic E-state index is 13.9. The largest absolute Gasteiger partial charge is 0.417 e. The molecule has 0 saturated heterocycles. The molecule has 16 heteroatoms. The molecule has 0 heterocycles. The van der Waals surface area contributed by atoms with Gasteiger partial charge in [-0.25, -0.2) is 0 Å². The van der Waals surface area contributed by atoms with Gasteiger partial charge >= 0.3 is 18.5 Å². The van der Waals surface area contributed by atoms with Crippen molar-refractivity contribution in [3.63, 3.8) is 0 Å². The standard InChI is InChI=1S/C27H24Cl3F9N2O2/c1-3-10-41(22(42)8-9-25(31,32)33)14(2)40-24(43)17-6-4-15(11-19(17)27(37,38)39)5-7-18(26(34,35)36)16-12-20(28)23(30)21(29)13-16/h4-7,11-14,18H,3,8-10H2,1-2H3,(H,40,43)/b7-5+/t14-,18?/m0/s1. The summed E-state index contributed by atoms with van der Waals surface area (Å²) in [6.07, 6.45) is -16.6. The molecular formula is C27H24Cl3F9N2O2. The Morgan fingerprint density at radius 1 is 0.953 bits per heavy atom. The van der Waals surface area contributed by atoms with Crippen LogP contribution in [0.4, 0.5) is 39.5 Å². The molecule has 0 radical (unpaired) electrons. The second kappa shape index (κ2) is 14.4. The molecule has 43 heavy (non-hydrogen) atoms. The van der Waals surface area contributed by atoms with Gasteiger partial charge in [0, 0.05) is 13.0 Å². The third-order valence-corrected chi connectivity index (χ3v) is 7.20. The van der Waals surface area contributed by atoms with Crippen molar-refractivity contribution in [2.45, 2.75) is 63.7 Å². The molecule has 0 fully saturated rings. The highest BCUT2D eigenvalue weighted by Gasteiger charge is 2.40. The van der Waals surface area contributed by atoms with Crippen molar-refractivity contribution in [3.05, 3.63) is 73.7 Å². The summed E-state index contributed by atoms with van der Waals surface area (Å²) in [7, 11) is 0. The first-order valence-corrected chi connectivity index (χ1v) is 13.6. The Labute approximate surface area is 255 Å². The number of alkyl halides is 9. The van der Waals surface area contributed by atoms with Gasteiger partial charge < -0.3 is 10.2 Å². The van der Waals surface area contributed by atoms with Crippen LogP contribution < -0.4 is 5.32 Å². The third kappa shape index (κ3) is 10.5. The van der Waals surface area contributed by atoms with Gasteiger partial charge in [-0.1, -0.05) is 59.9 Å². The monoisotopic (exact) mass is 684 g/mol. The first kappa shape index (κ1) is 36.6. The van der Waals surface area contributed by atoms with Crippen molar-refractivity contribution in [2.75, 3.05) is 6.54 Å². The second-order valence-electron chi connectivity index (χ2n) is 9.33. The van der Waals surface area contributed by atoms with Crippen molar-refractivity contribution in [1.29, 1.82) is 0 Å². The number of benzene rings is 2. The van der Waals surface area contributed by atoms with Crippen LogP contribution in [0.2, 0.25) is 15.1 Å². The summed E-state index contributed by atoms with van der Waals surface area (Å²) in [5.74, 6) is -4.61. The Kier molecular flexibility index (Phi) is 12.3. The van der Waals surface area contributed by atoms with E-state index in [0.717, 1.165) is 35.2 Å². The number of allylic oxidation sites excluding steroid dienone is 1. The van der Waals surface area contributed by atoms with E-state index in [4.69, 9.17) is 34.8 Å². The highest BCUT2D eigenvalue weighted by molar-refractivity contribution is 6.48. The Balaban J connectivity index is 2.39. The van der Waals surface area contributed by atoms with Crippen LogP contribution in [0.15, 0.2) is 36.4 Å². The van der Waals surface area contributed by atoms with Gasteiger partial charge in [0.1, 0.15) is 6.17 Å². The molecule has 1 N–H and O–H groups in total. The number of nitrogens with one attached hydrogen (secondary N) is 1. The second-order valence-corrected chi connectivity index (χ2v) is 10.5. The Hall–Kier alpha value is -2.64. The number of nitrogens with zero attached hydrogens (tertiary/aromatic N) is 1. The smallest absolute Gasteiger partial charge is 0.332 e. The van der Waals surface area contributed by atoms with Crippen LogP contribution >= 0.6 is 34.8 Å². The van der Waals surface area contributed by atoms with Gasteiger partial charge in [-0.2, -0.15) is 39.5 Å². The van der Waals surface area contributed by atoms with Crippen LogP contribution in [0.5, 0.6) is 0 Å². The number of carbonyl (C=O) groups excluding carboxylic acids is 2. The Morgan fingerprint density at radius 2 is 1.53 bits per heavy atom. The molecule has 2 rings (SSSR count). The van der Waals surface area contributed by atoms with Crippen LogP contribution in [0.1, 0.15) is 66.1 Å². The molecule has 2 amide bonds. The minimum Gasteiger partial charge on any atom is -0.332 e. The van der Waals surface area contributed by atoms with Crippen LogP contribution in [-0.4, -0.2) is 41.8 Å². The molecule has 0 aliphatic heterocycles. The van der Waals surface area contributed by atoms with Gasteiger partial charge in [0.15, 0.2) is 0 Å². The maximum Gasteiger partial charge on any atom is 0.417 e.